The molecule has 1 fully saturated rings. The second-order valence-electron chi connectivity index (χ2n) is 4.71. The molecule has 0 spiro atoms. The van der Waals surface area contributed by atoms with Crippen molar-refractivity contribution < 1.29 is 9.53 Å². The number of ether oxygens (including phenoxy) is 1. The first-order valence-corrected chi connectivity index (χ1v) is 5.99. The van der Waals surface area contributed by atoms with Crippen LogP contribution in [0.2, 0.25) is 0 Å². The molecular formula is C12H23NO2. The molecule has 0 bridgehead atoms. The van der Waals surface area contributed by atoms with Crippen molar-refractivity contribution in [2.45, 2.75) is 39.7 Å². The largest absolute Gasteiger partial charge is 0.379 e. The van der Waals surface area contributed by atoms with Gasteiger partial charge >= 0.3 is 0 Å². The van der Waals surface area contributed by atoms with E-state index in [-0.39, 0.29) is 12.0 Å². The van der Waals surface area contributed by atoms with Crippen LogP contribution in [0, 0.1) is 11.8 Å². The molecule has 1 saturated heterocycles. The maximum Gasteiger partial charge on any atom is 0.139 e. The first kappa shape index (κ1) is 12.7. The lowest BCUT2D eigenvalue weighted by atomic mass is 9.93. The maximum atomic E-state index is 11.9. The molecule has 0 saturated carbocycles. The highest BCUT2D eigenvalue weighted by Gasteiger charge is 2.32. The summed E-state index contributed by atoms with van der Waals surface area (Å²) < 4.78 is 5.37. The van der Waals surface area contributed by atoms with Gasteiger partial charge in [-0.3, -0.25) is 4.79 Å². The summed E-state index contributed by atoms with van der Waals surface area (Å²) in [5, 5.41) is 3.32. The topological polar surface area (TPSA) is 38.3 Å². The van der Waals surface area contributed by atoms with Crippen LogP contribution in [0.25, 0.3) is 0 Å². The Hall–Kier alpha value is -0.410. The molecule has 3 nitrogen and oxygen atoms in total. The lowest BCUT2D eigenvalue weighted by Crippen LogP contribution is -2.39. The van der Waals surface area contributed by atoms with Gasteiger partial charge in [-0.1, -0.05) is 20.8 Å². The number of likely N-dealkylation sites (N-methyl/N-ethyl adjacent to an activating group) is 1. The van der Waals surface area contributed by atoms with Crippen molar-refractivity contribution in [1.29, 1.82) is 0 Å². The molecule has 1 rings (SSSR count). The van der Waals surface area contributed by atoms with Gasteiger partial charge in [0, 0.05) is 12.5 Å². The second kappa shape index (κ2) is 6.23. The molecule has 15 heavy (non-hydrogen) atoms. The van der Waals surface area contributed by atoms with E-state index in [1.165, 1.54) is 0 Å². The van der Waals surface area contributed by atoms with Gasteiger partial charge in [-0.15, -0.1) is 0 Å². The Morgan fingerprint density at radius 2 is 2.20 bits per heavy atom. The van der Waals surface area contributed by atoms with Crippen LogP contribution in [0.1, 0.15) is 33.6 Å². The number of nitrogens with one attached hydrogen (secondary N) is 1. The van der Waals surface area contributed by atoms with Crippen LogP contribution in [0.4, 0.5) is 0 Å². The van der Waals surface area contributed by atoms with E-state index >= 15 is 0 Å². The average molecular weight is 213 g/mol. The molecule has 0 amide bonds. The van der Waals surface area contributed by atoms with Crippen LogP contribution >= 0.6 is 0 Å². The highest BCUT2D eigenvalue weighted by Crippen LogP contribution is 2.18. The van der Waals surface area contributed by atoms with E-state index in [0.29, 0.717) is 31.3 Å². The van der Waals surface area contributed by atoms with E-state index in [1.54, 1.807) is 0 Å². The summed E-state index contributed by atoms with van der Waals surface area (Å²) in [6.45, 7) is 8.57. The molecule has 0 aliphatic carbocycles. The number of Topliss-reactive ketones (excluding diaryl/α,β-unsaturated/α-hetero) is 1. The molecule has 2 atom stereocenters. The summed E-state index contributed by atoms with van der Waals surface area (Å²) in [6, 6.07) is 0.245. The Morgan fingerprint density at radius 3 is 2.80 bits per heavy atom. The Labute approximate surface area is 92.6 Å². The van der Waals surface area contributed by atoms with Crippen molar-refractivity contribution in [3.63, 3.8) is 0 Å². The normalized spacial score (nSPS) is 26.1. The molecule has 2 unspecified atom stereocenters. The third kappa shape index (κ3) is 3.92. The molecule has 0 aromatic heterocycles. The van der Waals surface area contributed by atoms with Gasteiger partial charge in [-0.05, 0) is 18.9 Å². The number of hydrogen-bond donors (Lipinski definition) is 1. The third-order valence-electron chi connectivity index (χ3n) is 2.93. The minimum atomic E-state index is 0.0868. The standard InChI is InChI=1S/C12H23NO2/c1-4-13-11-8-15-7-10(11)12(14)6-5-9(2)3/h9-11,13H,4-8H2,1-3H3. The Morgan fingerprint density at radius 1 is 1.47 bits per heavy atom. The van der Waals surface area contributed by atoms with Crippen LogP contribution in [-0.4, -0.2) is 31.6 Å². The average Bonchev–Trinajstić information content (AvgIpc) is 2.63. The minimum absolute atomic E-state index is 0.0868. The van der Waals surface area contributed by atoms with E-state index in [0.717, 1.165) is 13.0 Å². The van der Waals surface area contributed by atoms with Gasteiger partial charge in [-0.2, -0.15) is 0 Å². The second-order valence-corrected chi connectivity index (χ2v) is 4.71. The number of ketones is 1. The molecule has 0 aromatic rings. The smallest absolute Gasteiger partial charge is 0.139 e. The van der Waals surface area contributed by atoms with Crippen molar-refractivity contribution in [3.8, 4) is 0 Å². The van der Waals surface area contributed by atoms with Crippen LogP contribution < -0.4 is 5.32 Å². The molecule has 3 heteroatoms. The van der Waals surface area contributed by atoms with Crippen molar-refractivity contribution >= 4 is 5.78 Å². The summed E-state index contributed by atoms with van der Waals surface area (Å²) >= 11 is 0. The van der Waals surface area contributed by atoms with E-state index in [9.17, 15) is 4.79 Å². The van der Waals surface area contributed by atoms with Gasteiger partial charge in [0.15, 0.2) is 0 Å². The zero-order valence-corrected chi connectivity index (χ0v) is 10.1. The fourth-order valence-corrected chi connectivity index (χ4v) is 1.95. The number of carbonyl (C=O) groups excluding carboxylic acids is 1. The Kier molecular flexibility index (Phi) is 5.26. The van der Waals surface area contributed by atoms with E-state index < -0.39 is 0 Å². The molecule has 1 aliphatic rings. The summed E-state index contributed by atoms with van der Waals surface area (Å²) in [7, 11) is 0. The van der Waals surface area contributed by atoms with Crippen molar-refractivity contribution in [2.24, 2.45) is 11.8 Å². The van der Waals surface area contributed by atoms with Crippen LogP contribution in [0.3, 0.4) is 0 Å². The number of hydrogen-bond acceptors (Lipinski definition) is 3. The SMILES string of the molecule is CCNC1COCC1C(=O)CCC(C)C. The minimum Gasteiger partial charge on any atom is -0.379 e. The quantitative estimate of drug-likeness (QED) is 0.728. The Balaban J connectivity index is 2.36. The molecule has 0 aromatic carbocycles. The first-order valence-electron chi connectivity index (χ1n) is 5.99. The van der Waals surface area contributed by atoms with Crippen molar-refractivity contribution in [3.05, 3.63) is 0 Å². The van der Waals surface area contributed by atoms with Gasteiger partial charge < -0.3 is 10.1 Å². The number of carbonyl (C=O) groups is 1. The van der Waals surface area contributed by atoms with Gasteiger partial charge in [0.25, 0.3) is 0 Å². The van der Waals surface area contributed by atoms with Crippen molar-refractivity contribution in [1.82, 2.24) is 5.32 Å². The first-order chi connectivity index (χ1) is 7.15. The van der Waals surface area contributed by atoms with E-state index in [1.807, 2.05) is 0 Å². The molecule has 88 valence electrons. The molecule has 0 radical (unpaired) electrons. The molecule has 1 heterocycles. The van der Waals surface area contributed by atoms with Gasteiger partial charge in [0.2, 0.25) is 0 Å². The fraction of sp³-hybridized carbons (Fsp3) is 0.917. The zero-order chi connectivity index (χ0) is 11.3. The van der Waals surface area contributed by atoms with Crippen LogP contribution in [0.5, 0.6) is 0 Å². The lowest BCUT2D eigenvalue weighted by Gasteiger charge is -2.17. The third-order valence-corrected chi connectivity index (χ3v) is 2.93. The lowest BCUT2D eigenvalue weighted by molar-refractivity contribution is -0.123. The van der Waals surface area contributed by atoms with Gasteiger partial charge in [-0.25, -0.2) is 0 Å². The summed E-state index contributed by atoms with van der Waals surface area (Å²) in [4.78, 5) is 11.9. The molecule has 1 N–H and O–H groups in total. The predicted octanol–water partition coefficient (Wildman–Crippen LogP) is 1.62. The number of rotatable bonds is 6. The highest BCUT2D eigenvalue weighted by atomic mass is 16.5. The fourth-order valence-electron chi connectivity index (χ4n) is 1.95. The van der Waals surface area contributed by atoms with Crippen LogP contribution in [0.15, 0.2) is 0 Å². The maximum absolute atomic E-state index is 11.9. The Bertz CT molecular complexity index is 204. The monoisotopic (exact) mass is 213 g/mol. The summed E-state index contributed by atoms with van der Waals surface area (Å²) in [5.74, 6) is 1.06. The van der Waals surface area contributed by atoms with E-state index in [4.69, 9.17) is 4.74 Å². The summed E-state index contributed by atoms with van der Waals surface area (Å²) in [5.41, 5.74) is 0. The van der Waals surface area contributed by atoms with Gasteiger partial charge in [0.1, 0.15) is 5.78 Å². The molecule has 1 aliphatic heterocycles. The molecular weight excluding hydrogens is 190 g/mol. The van der Waals surface area contributed by atoms with Crippen LogP contribution in [-0.2, 0) is 9.53 Å². The van der Waals surface area contributed by atoms with Crippen molar-refractivity contribution in [2.75, 3.05) is 19.8 Å². The predicted molar refractivity (Wildman–Crippen MR) is 60.9 cm³/mol. The summed E-state index contributed by atoms with van der Waals surface area (Å²) in [6.07, 6.45) is 1.70. The van der Waals surface area contributed by atoms with Gasteiger partial charge in [0.05, 0.1) is 19.1 Å². The zero-order valence-electron chi connectivity index (χ0n) is 10.1. The van der Waals surface area contributed by atoms with E-state index in [2.05, 4.69) is 26.1 Å². The highest BCUT2D eigenvalue weighted by molar-refractivity contribution is 5.82.